The molecule has 1 atom stereocenters. The van der Waals surface area contributed by atoms with Crippen molar-refractivity contribution in [3.05, 3.63) is 0 Å². The largest absolute Gasteiger partial charge is 0.547 e. The summed E-state index contributed by atoms with van der Waals surface area (Å²) < 4.78 is 0. The fourth-order valence-corrected chi connectivity index (χ4v) is 0.797. The Morgan fingerprint density at radius 2 is 2.00 bits per heavy atom. The van der Waals surface area contributed by atoms with Gasteiger partial charge in [-0.25, -0.2) is 9.78 Å². The van der Waals surface area contributed by atoms with E-state index in [1.807, 2.05) is 6.92 Å². The van der Waals surface area contributed by atoms with E-state index in [1.54, 1.807) is 20.8 Å². The minimum atomic E-state index is -1.22. The third-order valence-corrected chi connectivity index (χ3v) is 1.50. The molecule has 0 heterocycles. The van der Waals surface area contributed by atoms with E-state index in [9.17, 15) is 9.90 Å². The van der Waals surface area contributed by atoms with E-state index < -0.39 is 17.7 Å². The van der Waals surface area contributed by atoms with Gasteiger partial charge in [-0.15, -0.1) is 0 Å². The lowest BCUT2D eigenvalue weighted by molar-refractivity contribution is -0.392. The predicted molar refractivity (Wildman–Crippen MR) is 50.2 cm³/mol. The van der Waals surface area contributed by atoms with E-state index in [4.69, 9.17) is 9.78 Å². The van der Waals surface area contributed by atoms with Gasteiger partial charge in [0.1, 0.15) is 6.10 Å². The zero-order valence-corrected chi connectivity index (χ0v) is 9.33. The number of carboxylic acids is 1. The minimum Gasteiger partial charge on any atom is -0.547 e. The molecule has 0 N–H and O–H groups in total. The van der Waals surface area contributed by atoms with E-state index in [-0.39, 0.29) is 0 Å². The first-order chi connectivity index (χ1) is 6.37. The maximum absolute atomic E-state index is 10.6. The SMILES string of the molecule is CCCCC(OOC(C)(C)C)C(=O)[O-]. The Kier molecular flexibility index (Phi) is 5.72. The fraction of sp³-hybridized carbons (Fsp3) is 0.900. The van der Waals surface area contributed by atoms with Gasteiger partial charge in [0.15, 0.2) is 0 Å². The molecule has 0 rings (SSSR count). The van der Waals surface area contributed by atoms with Crippen LogP contribution in [0.5, 0.6) is 0 Å². The van der Waals surface area contributed by atoms with Crippen molar-refractivity contribution in [2.75, 3.05) is 0 Å². The number of unbranched alkanes of at least 4 members (excludes halogenated alkanes) is 1. The van der Waals surface area contributed by atoms with Gasteiger partial charge in [0.05, 0.1) is 11.6 Å². The monoisotopic (exact) mass is 203 g/mol. The highest BCUT2D eigenvalue weighted by Gasteiger charge is 2.17. The van der Waals surface area contributed by atoms with Crippen LogP contribution in [0.25, 0.3) is 0 Å². The number of rotatable bonds is 6. The highest BCUT2D eigenvalue weighted by molar-refractivity contribution is 5.69. The van der Waals surface area contributed by atoms with Crippen molar-refractivity contribution in [1.82, 2.24) is 0 Å². The molecule has 0 saturated carbocycles. The number of aliphatic carboxylic acids is 1. The lowest BCUT2D eigenvalue weighted by Crippen LogP contribution is -2.39. The second-order valence-corrected chi connectivity index (χ2v) is 4.24. The van der Waals surface area contributed by atoms with Crippen LogP contribution in [0.2, 0.25) is 0 Å². The van der Waals surface area contributed by atoms with Crippen LogP contribution < -0.4 is 5.11 Å². The molecule has 0 aliphatic carbocycles. The van der Waals surface area contributed by atoms with Crippen LogP contribution in [0.4, 0.5) is 0 Å². The van der Waals surface area contributed by atoms with Crippen LogP contribution in [0, 0.1) is 0 Å². The lowest BCUT2D eigenvalue weighted by Gasteiger charge is -2.23. The highest BCUT2D eigenvalue weighted by Crippen LogP contribution is 2.12. The van der Waals surface area contributed by atoms with E-state index >= 15 is 0 Å². The van der Waals surface area contributed by atoms with Crippen LogP contribution in [-0.2, 0) is 14.6 Å². The number of carboxylic acid groups (broad SMARTS) is 1. The normalized spacial score (nSPS) is 14.0. The summed E-state index contributed by atoms with van der Waals surface area (Å²) in [5.74, 6) is -1.22. The Morgan fingerprint density at radius 1 is 1.43 bits per heavy atom. The average molecular weight is 203 g/mol. The number of carbonyl (C=O) groups excluding carboxylic acids is 1. The van der Waals surface area contributed by atoms with Crippen molar-refractivity contribution in [1.29, 1.82) is 0 Å². The molecular formula is C10H19O4-. The summed E-state index contributed by atoms with van der Waals surface area (Å²) in [5, 5.41) is 10.6. The van der Waals surface area contributed by atoms with Crippen molar-refractivity contribution in [3.63, 3.8) is 0 Å². The Labute approximate surface area is 85.1 Å². The number of hydrogen-bond donors (Lipinski definition) is 0. The molecule has 0 aromatic rings. The van der Waals surface area contributed by atoms with Gasteiger partial charge >= 0.3 is 0 Å². The van der Waals surface area contributed by atoms with Crippen molar-refractivity contribution in [2.45, 2.75) is 58.7 Å². The Morgan fingerprint density at radius 3 is 2.36 bits per heavy atom. The minimum absolute atomic E-state index is 0.426. The van der Waals surface area contributed by atoms with Gasteiger partial charge in [-0.05, 0) is 27.2 Å². The smallest absolute Gasteiger partial charge is 0.132 e. The third kappa shape index (κ3) is 6.86. The summed E-state index contributed by atoms with van der Waals surface area (Å²) in [6.45, 7) is 7.36. The van der Waals surface area contributed by atoms with Crippen LogP contribution in [0.1, 0.15) is 47.0 Å². The van der Waals surface area contributed by atoms with Crippen LogP contribution >= 0.6 is 0 Å². The van der Waals surface area contributed by atoms with E-state index in [2.05, 4.69) is 0 Å². The summed E-state index contributed by atoms with van der Waals surface area (Å²) in [6.07, 6.45) is 1.16. The molecule has 0 amide bonds. The molecule has 0 fully saturated rings. The molecule has 1 unspecified atom stereocenters. The van der Waals surface area contributed by atoms with Crippen molar-refractivity contribution in [3.8, 4) is 0 Å². The van der Waals surface area contributed by atoms with Gasteiger partial charge < -0.3 is 9.90 Å². The first-order valence-corrected chi connectivity index (χ1v) is 4.92. The van der Waals surface area contributed by atoms with Gasteiger partial charge in [0.2, 0.25) is 0 Å². The highest BCUT2D eigenvalue weighted by atomic mass is 17.2. The summed E-state index contributed by atoms with van der Waals surface area (Å²) in [7, 11) is 0. The average Bonchev–Trinajstić information content (AvgIpc) is 2.01. The molecule has 0 radical (unpaired) electrons. The van der Waals surface area contributed by atoms with E-state index in [1.165, 1.54) is 0 Å². The third-order valence-electron chi connectivity index (χ3n) is 1.50. The number of hydrogen-bond acceptors (Lipinski definition) is 4. The number of carbonyl (C=O) groups is 1. The summed E-state index contributed by atoms with van der Waals surface area (Å²) in [5.41, 5.74) is -0.500. The van der Waals surface area contributed by atoms with Gasteiger partial charge in [0.25, 0.3) is 0 Å². The van der Waals surface area contributed by atoms with Gasteiger partial charge in [-0.2, -0.15) is 0 Å². The van der Waals surface area contributed by atoms with E-state index in [0.29, 0.717) is 6.42 Å². The maximum Gasteiger partial charge on any atom is 0.132 e. The zero-order chi connectivity index (χ0) is 11.2. The molecule has 0 aliphatic heterocycles. The van der Waals surface area contributed by atoms with Gasteiger partial charge in [-0.3, -0.25) is 0 Å². The molecule has 14 heavy (non-hydrogen) atoms. The molecule has 0 aliphatic rings. The summed E-state index contributed by atoms with van der Waals surface area (Å²) >= 11 is 0. The standard InChI is InChI=1S/C10H20O4/c1-5-6-7-8(9(11)12)13-14-10(2,3)4/h8H,5-7H2,1-4H3,(H,11,12)/p-1. The first kappa shape index (κ1) is 13.4. The second-order valence-electron chi connectivity index (χ2n) is 4.24. The molecular weight excluding hydrogens is 184 g/mol. The molecule has 0 bridgehead atoms. The van der Waals surface area contributed by atoms with Crippen molar-refractivity contribution < 1.29 is 19.7 Å². The predicted octanol–water partition coefficient (Wildman–Crippen LogP) is 1.04. The van der Waals surface area contributed by atoms with Gasteiger partial charge in [0, 0.05) is 0 Å². The Hall–Kier alpha value is -0.610. The molecule has 0 aromatic heterocycles. The van der Waals surface area contributed by atoms with E-state index in [0.717, 1.165) is 12.8 Å². The maximum atomic E-state index is 10.6. The summed E-state index contributed by atoms with van der Waals surface area (Å²) in [4.78, 5) is 20.3. The van der Waals surface area contributed by atoms with Crippen LogP contribution in [0.15, 0.2) is 0 Å². The Balaban J connectivity index is 3.91. The zero-order valence-electron chi connectivity index (χ0n) is 9.33. The van der Waals surface area contributed by atoms with Gasteiger partial charge in [-0.1, -0.05) is 19.8 Å². The molecule has 4 nitrogen and oxygen atoms in total. The van der Waals surface area contributed by atoms with Crippen LogP contribution in [-0.4, -0.2) is 17.7 Å². The molecule has 0 saturated heterocycles. The molecule has 84 valence electrons. The van der Waals surface area contributed by atoms with Crippen molar-refractivity contribution in [2.24, 2.45) is 0 Å². The first-order valence-electron chi connectivity index (χ1n) is 4.92. The molecule has 4 heteroatoms. The summed E-state index contributed by atoms with van der Waals surface area (Å²) in [6, 6.07) is 0. The quantitative estimate of drug-likeness (QED) is 0.478. The molecule has 0 spiro atoms. The second kappa shape index (κ2) is 5.98. The Bertz CT molecular complexity index is 171. The van der Waals surface area contributed by atoms with Crippen LogP contribution in [0.3, 0.4) is 0 Å². The van der Waals surface area contributed by atoms with Crippen molar-refractivity contribution >= 4 is 5.97 Å². The lowest BCUT2D eigenvalue weighted by atomic mass is 10.2. The molecule has 0 aromatic carbocycles. The fourth-order valence-electron chi connectivity index (χ4n) is 0.797. The topological polar surface area (TPSA) is 58.6 Å².